The Kier molecular flexibility index (Phi) is 4.60. The van der Waals surface area contributed by atoms with Gasteiger partial charge in [-0.25, -0.2) is 0 Å². The number of halogens is 1. The summed E-state index contributed by atoms with van der Waals surface area (Å²) in [5.41, 5.74) is 1.26. The van der Waals surface area contributed by atoms with Crippen molar-refractivity contribution in [3.8, 4) is 0 Å². The maximum Gasteiger partial charge on any atom is 0.0534 e. The SMILES string of the molecule is Cn1cc(CNCCCI)cn1. The molecule has 4 heteroatoms. The maximum absolute atomic E-state index is 4.09. The van der Waals surface area contributed by atoms with E-state index in [-0.39, 0.29) is 0 Å². The molecule has 1 N–H and O–H groups in total. The number of alkyl halides is 1. The zero-order valence-electron chi connectivity index (χ0n) is 7.26. The molecular weight excluding hydrogens is 265 g/mol. The van der Waals surface area contributed by atoms with Crippen molar-refractivity contribution < 1.29 is 0 Å². The van der Waals surface area contributed by atoms with Gasteiger partial charge in [0.1, 0.15) is 0 Å². The molecule has 0 bridgehead atoms. The highest BCUT2D eigenvalue weighted by Crippen LogP contribution is 1.95. The number of rotatable bonds is 5. The molecule has 0 aliphatic heterocycles. The summed E-state index contributed by atoms with van der Waals surface area (Å²) in [7, 11) is 1.94. The van der Waals surface area contributed by atoms with Crippen molar-refractivity contribution in [1.29, 1.82) is 0 Å². The summed E-state index contributed by atoms with van der Waals surface area (Å²) >= 11 is 2.39. The van der Waals surface area contributed by atoms with E-state index in [1.54, 1.807) is 0 Å². The lowest BCUT2D eigenvalue weighted by Gasteiger charge is -1.99. The first kappa shape index (κ1) is 9.98. The van der Waals surface area contributed by atoms with Gasteiger partial charge in [-0.15, -0.1) is 0 Å². The second kappa shape index (κ2) is 5.53. The molecule has 1 aromatic rings. The Morgan fingerprint density at radius 1 is 1.67 bits per heavy atom. The van der Waals surface area contributed by atoms with Crippen LogP contribution in [0.3, 0.4) is 0 Å². The van der Waals surface area contributed by atoms with Crippen molar-refractivity contribution in [2.24, 2.45) is 7.05 Å². The monoisotopic (exact) mass is 279 g/mol. The van der Waals surface area contributed by atoms with Crippen molar-refractivity contribution >= 4 is 22.6 Å². The van der Waals surface area contributed by atoms with Crippen molar-refractivity contribution in [2.45, 2.75) is 13.0 Å². The van der Waals surface area contributed by atoms with E-state index in [0.717, 1.165) is 13.1 Å². The van der Waals surface area contributed by atoms with E-state index in [4.69, 9.17) is 0 Å². The van der Waals surface area contributed by atoms with Gasteiger partial charge in [0.2, 0.25) is 0 Å². The molecule has 0 atom stereocenters. The molecule has 3 nitrogen and oxygen atoms in total. The van der Waals surface area contributed by atoms with Crippen LogP contribution in [0.5, 0.6) is 0 Å². The Hall–Kier alpha value is -0.100. The van der Waals surface area contributed by atoms with Crippen LogP contribution in [0.4, 0.5) is 0 Å². The zero-order chi connectivity index (χ0) is 8.81. The molecule has 0 saturated carbocycles. The minimum Gasteiger partial charge on any atom is -0.313 e. The highest BCUT2D eigenvalue weighted by molar-refractivity contribution is 14.1. The van der Waals surface area contributed by atoms with Gasteiger partial charge in [-0.2, -0.15) is 5.10 Å². The lowest BCUT2D eigenvalue weighted by molar-refractivity contribution is 0.680. The van der Waals surface area contributed by atoms with E-state index < -0.39 is 0 Å². The van der Waals surface area contributed by atoms with Crippen LogP contribution in [0, 0.1) is 0 Å². The molecule has 68 valence electrons. The quantitative estimate of drug-likeness (QED) is 0.501. The van der Waals surface area contributed by atoms with E-state index in [0.29, 0.717) is 0 Å². The lowest BCUT2D eigenvalue weighted by Crippen LogP contribution is -2.14. The summed E-state index contributed by atoms with van der Waals surface area (Å²) in [4.78, 5) is 0. The molecular formula is C8H14IN3. The van der Waals surface area contributed by atoms with Gasteiger partial charge in [-0.05, 0) is 13.0 Å². The Bertz CT molecular complexity index is 222. The van der Waals surface area contributed by atoms with Crippen LogP contribution in [-0.2, 0) is 13.6 Å². The largest absolute Gasteiger partial charge is 0.313 e. The predicted molar refractivity (Wildman–Crippen MR) is 58.4 cm³/mol. The van der Waals surface area contributed by atoms with Gasteiger partial charge in [0.05, 0.1) is 6.20 Å². The molecule has 0 radical (unpaired) electrons. The highest BCUT2D eigenvalue weighted by Gasteiger charge is 1.93. The number of aromatic nitrogens is 2. The third kappa shape index (κ3) is 3.53. The Morgan fingerprint density at radius 2 is 2.50 bits per heavy atom. The summed E-state index contributed by atoms with van der Waals surface area (Å²) in [6.45, 7) is 2.03. The molecule has 0 aliphatic rings. The van der Waals surface area contributed by atoms with E-state index in [1.807, 2.05) is 24.1 Å². The zero-order valence-corrected chi connectivity index (χ0v) is 9.41. The van der Waals surface area contributed by atoms with Crippen LogP contribution in [0.2, 0.25) is 0 Å². The average molecular weight is 279 g/mol. The van der Waals surface area contributed by atoms with Gasteiger partial charge >= 0.3 is 0 Å². The molecule has 0 aliphatic carbocycles. The van der Waals surface area contributed by atoms with Crippen molar-refractivity contribution in [3.63, 3.8) is 0 Å². The normalized spacial score (nSPS) is 10.5. The van der Waals surface area contributed by atoms with Gasteiger partial charge < -0.3 is 5.32 Å². The molecule has 0 saturated heterocycles. The average Bonchev–Trinajstić information content (AvgIpc) is 2.45. The van der Waals surface area contributed by atoms with E-state index in [9.17, 15) is 0 Å². The standard InChI is InChI=1S/C8H14IN3/c1-12-7-8(6-11-12)5-10-4-2-3-9/h6-7,10H,2-5H2,1H3. The molecule has 0 amide bonds. The first-order valence-corrected chi connectivity index (χ1v) is 5.59. The van der Waals surface area contributed by atoms with E-state index >= 15 is 0 Å². The molecule has 1 heterocycles. The molecule has 0 aromatic carbocycles. The Morgan fingerprint density at radius 3 is 3.08 bits per heavy atom. The second-order valence-corrected chi connectivity index (χ2v) is 3.82. The van der Waals surface area contributed by atoms with Crippen molar-refractivity contribution in [1.82, 2.24) is 15.1 Å². The van der Waals surface area contributed by atoms with Crippen LogP contribution in [0.15, 0.2) is 12.4 Å². The van der Waals surface area contributed by atoms with Gasteiger partial charge in [0.25, 0.3) is 0 Å². The van der Waals surface area contributed by atoms with Gasteiger partial charge in [-0.3, -0.25) is 4.68 Å². The minimum absolute atomic E-state index is 0.935. The summed E-state index contributed by atoms with van der Waals surface area (Å²) in [6.07, 6.45) is 5.18. The summed E-state index contributed by atoms with van der Waals surface area (Å²) < 4.78 is 3.05. The highest BCUT2D eigenvalue weighted by atomic mass is 127. The molecule has 1 rings (SSSR count). The number of nitrogens with zero attached hydrogens (tertiary/aromatic N) is 2. The number of hydrogen-bond donors (Lipinski definition) is 1. The summed E-state index contributed by atoms with van der Waals surface area (Å²) in [5, 5.41) is 7.45. The summed E-state index contributed by atoms with van der Waals surface area (Å²) in [6, 6.07) is 0. The van der Waals surface area contributed by atoms with Gasteiger partial charge in [0, 0.05) is 29.8 Å². The fourth-order valence-electron chi connectivity index (χ4n) is 0.988. The second-order valence-electron chi connectivity index (χ2n) is 2.74. The lowest BCUT2D eigenvalue weighted by atomic mass is 10.3. The van der Waals surface area contributed by atoms with Crippen LogP contribution in [-0.4, -0.2) is 20.8 Å². The number of nitrogens with one attached hydrogen (secondary N) is 1. The molecule has 0 spiro atoms. The van der Waals surface area contributed by atoms with Crippen LogP contribution in [0.1, 0.15) is 12.0 Å². The smallest absolute Gasteiger partial charge is 0.0534 e. The molecule has 0 unspecified atom stereocenters. The van der Waals surface area contributed by atoms with Crippen molar-refractivity contribution in [2.75, 3.05) is 11.0 Å². The Labute approximate surface area is 86.7 Å². The fraction of sp³-hybridized carbons (Fsp3) is 0.625. The molecule has 12 heavy (non-hydrogen) atoms. The van der Waals surface area contributed by atoms with Gasteiger partial charge in [0.15, 0.2) is 0 Å². The van der Waals surface area contributed by atoms with E-state index in [2.05, 4.69) is 33.0 Å². The summed E-state index contributed by atoms with van der Waals surface area (Å²) in [5.74, 6) is 0. The molecule has 1 aromatic heterocycles. The maximum atomic E-state index is 4.09. The number of hydrogen-bond acceptors (Lipinski definition) is 2. The van der Waals surface area contributed by atoms with Gasteiger partial charge in [-0.1, -0.05) is 22.6 Å². The first-order valence-electron chi connectivity index (χ1n) is 4.07. The Balaban J connectivity index is 2.15. The number of aryl methyl sites for hydroxylation is 1. The first-order chi connectivity index (χ1) is 5.83. The third-order valence-corrected chi connectivity index (χ3v) is 2.34. The van der Waals surface area contributed by atoms with Crippen LogP contribution in [0.25, 0.3) is 0 Å². The topological polar surface area (TPSA) is 29.9 Å². The fourth-order valence-corrected chi connectivity index (χ4v) is 1.37. The van der Waals surface area contributed by atoms with E-state index in [1.165, 1.54) is 16.4 Å². The minimum atomic E-state index is 0.935. The van der Waals surface area contributed by atoms with Crippen LogP contribution >= 0.6 is 22.6 Å². The van der Waals surface area contributed by atoms with Crippen LogP contribution < -0.4 is 5.32 Å². The predicted octanol–water partition coefficient (Wildman–Crippen LogP) is 1.33. The van der Waals surface area contributed by atoms with Crippen molar-refractivity contribution in [3.05, 3.63) is 18.0 Å². The third-order valence-electron chi connectivity index (χ3n) is 1.57. The molecule has 0 fully saturated rings.